The van der Waals surface area contributed by atoms with Gasteiger partial charge in [0.15, 0.2) is 0 Å². The van der Waals surface area contributed by atoms with E-state index in [1.807, 2.05) is 0 Å². The van der Waals surface area contributed by atoms with Crippen molar-refractivity contribution in [3.05, 3.63) is 34.6 Å². The first-order chi connectivity index (χ1) is 20.4. The van der Waals surface area contributed by atoms with E-state index in [-0.39, 0.29) is 103 Å². The first kappa shape index (κ1) is 51.3. The second kappa shape index (κ2) is 26.9. The summed E-state index contributed by atoms with van der Waals surface area (Å²) in [4.78, 5) is 0. The summed E-state index contributed by atoms with van der Waals surface area (Å²) in [6, 6.07) is 4.99. The van der Waals surface area contributed by atoms with Crippen LogP contribution in [0.2, 0.25) is 78.6 Å². The molecule has 0 aromatic carbocycles. The van der Waals surface area contributed by atoms with Crippen molar-refractivity contribution in [1.82, 2.24) is 0 Å². The molecule has 0 bridgehead atoms. The van der Waals surface area contributed by atoms with Crippen LogP contribution in [0.5, 0.6) is 0 Å². The van der Waals surface area contributed by atoms with E-state index in [1.54, 1.807) is 10.4 Å². The second-order valence-electron chi connectivity index (χ2n) is 17.3. The number of ether oxygens (including phenoxy) is 4. The summed E-state index contributed by atoms with van der Waals surface area (Å²) >= 11 is 0. The minimum atomic E-state index is -1.18. The van der Waals surface area contributed by atoms with Crippen molar-refractivity contribution in [2.45, 2.75) is 155 Å². The van der Waals surface area contributed by atoms with Crippen LogP contribution in [0.4, 0.5) is 0 Å². The molecule has 0 unspecified atom stereocenters. The van der Waals surface area contributed by atoms with E-state index < -0.39 is 32.3 Å². The van der Waals surface area contributed by atoms with Crippen LogP contribution in [0.3, 0.4) is 0 Å². The molecule has 4 aliphatic heterocycles. The summed E-state index contributed by atoms with van der Waals surface area (Å²) in [7, 11) is -4.51. The van der Waals surface area contributed by atoms with Gasteiger partial charge < -0.3 is 18.9 Å². The van der Waals surface area contributed by atoms with E-state index in [2.05, 4.69) is 103 Å². The molecule has 4 saturated heterocycles. The summed E-state index contributed by atoms with van der Waals surface area (Å²) in [5.74, 6) is 0. The third-order valence-corrected chi connectivity index (χ3v) is 15.0. The largest absolute Gasteiger partial charge is 1.00 e. The van der Waals surface area contributed by atoms with E-state index in [4.69, 9.17) is 18.9 Å². The summed E-state index contributed by atoms with van der Waals surface area (Å²) in [6.07, 6.45) is 18.4. The van der Waals surface area contributed by atoms with Crippen LogP contribution in [-0.4, -0.2) is 84.1 Å². The van der Waals surface area contributed by atoms with Gasteiger partial charge in [0.2, 0.25) is 0 Å². The Morgan fingerprint density at radius 3 is 0.978 bits per heavy atom. The third-order valence-electron chi connectivity index (χ3n) is 8.09. The molecule has 0 N–H and O–H groups in total. The van der Waals surface area contributed by atoms with E-state index >= 15 is 0 Å². The Balaban J connectivity index is 0. The molecule has 4 fully saturated rings. The van der Waals surface area contributed by atoms with E-state index in [9.17, 15) is 0 Å². The van der Waals surface area contributed by atoms with Gasteiger partial charge in [0.05, 0.1) is 0 Å². The Kier molecular flexibility index (Phi) is 30.0. The number of rotatable bonds is 10. The van der Waals surface area contributed by atoms with Crippen molar-refractivity contribution in [3.8, 4) is 0 Å². The topological polar surface area (TPSA) is 36.9 Å². The average molecular weight is 762 g/mol. The summed E-state index contributed by atoms with van der Waals surface area (Å²) < 4.78 is 21.5. The molecular weight excluding hydrogens is 687 g/mol. The Labute approximate surface area is 377 Å². The molecule has 0 amide bonds. The molecule has 46 heavy (non-hydrogen) atoms. The zero-order chi connectivity index (χ0) is 33.3. The molecule has 4 rings (SSSR count). The molecule has 0 radical (unpaired) electrons. The van der Waals surface area contributed by atoms with Gasteiger partial charge in [-0.1, -0.05) is 91.4 Å². The fraction of sp³-hybridized carbons (Fsp3) is 0.833. The maximum absolute atomic E-state index is 5.79. The van der Waals surface area contributed by atoms with Gasteiger partial charge in [-0.05, 0) is 83.7 Å². The van der Waals surface area contributed by atoms with Gasteiger partial charge >= 0.3 is 103 Å². The van der Waals surface area contributed by atoms with Crippen molar-refractivity contribution in [3.63, 3.8) is 0 Å². The van der Waals surface area contributed by atoms with Crippen molar-refractivity contribution < 1.29 is 122 Å². The average Bonchev–Trinajstić information content (AvgIpc) is 3.71. The van der Waals surface area contributed by atoms with Gasteiger partial charge in [0, 0.05) is 51.8 Å². The first-order valence-corrected chi connectivity index (χ1v) is 32.0. The van der Waals surface area contributed by atoms with Crippen LogP contribution in [-0.2, 0) is 18.9 Å². The fourth-order valence-corrected chi connectivity index (χ4v) is 9.65. The maximum Gasteiger partial charge on any atom is 1.00 e. The van der Waals surface area contributed by atoms with Crippen LogP contribution >= 0.6 is 0 Å². The van der Waals surface area contributed by atoms with Gasteiger partial charge in [0.1, 0.15) is 0 Å². The molecule has 0 aliphatic carbocycles. The number of allylic oxidation sites excluding steroid dienone is 2. The van der Waals surface area contributed by atoms with Gasteiger partial charge in [-0.2, -0.15) is 0 Å². The number of hydrogen-bond acceptors (Lipinski definition) is 4. The second-order valence-corrected chi connectivity index (χ2v) is 37.7. The molecule has 260 valence electrons. The Morgan fingerprint density at radius 2 is 0.804 bits per heavy atom. The molecule has 4 nitrogen and oxygen atoms in total. The van der Waals surface area contributed by atoms with Gasteiger partial charge in [-0.15, -0.1) is 0 Å². The van der Waals surface area contributed by atoms with Crippen molar-refractivity contribution in [1.29, 1.82) is 0 Å². The van der Waals surface area contributed by atoms with Crippen molar-refractivity contribution >= 4 is 32.3 Å². The van der Waals surface area contributed by atoms with Gasteiger partial charge in [-0.25, -0.2) is 34.6 Å². The molecule has 4 heterocycles. The first-order valence-electron chi connectivity index (χ1n) is 17.9. The zero-order valence-electron chi connectivity index (χ0n) is 33.4. The predicted octanol–water partition coefficient (Wildman–Crippen LogP) is 4.48. The van der Waals surface area contributed by atoms with Crippen LogP contribution in [0.1, 0.15) is 64.2 Å². The molecule has 0 aromatic heterocycles. The molecular formula is C36H74K2O4Si4. The molecule has 0 spiro atoms. The van der Waals surface area contributed by atoms with Crippen LogP contribution in [0.15, 0.2) is 22.5 Å². The van der Waals surface area contributed by atoms with Crippen LogP contribution in [0.25, 0.3) is 0 Å². The van der Waals surface area contributed by atoms with Crippen molar-refractivity contribution in [2.24, 2.45) is 0 Å². The van der Waals surface area contributed by atoms with Crippen molar-refractivity contribution in [2.75, 3.05) is 39.6 Å². The Bertz CT molecular complexity index is 725. The van der Waals surface area contributed by atoms with E-state index in [0.29, 0.717) is 12.2 Å². The predicted molar refractivity (Wildman–Crippen MR) is 205 cm³/mol. The SMILES string of the molecule is C1CCOC1.C1CCOC1.C[Si](C)(C)[CH-]/C=C(\C[C@@H]1CCCO1)[Si](C)(C)C.C[Si](C)(C)[CH-]/C=C(\C[C@H]1CCCO1)[Si](C)(C)C.[K+].[K+]. The van der Waals surface area contributed by atoms with Crippen LogP contribution < -0.4 is 103 Å². The fourth-order valence-electron chi connectivity index (χ4n) is 5.07. The molecule has 4 aliphatic rings. The minimum absolute atomic E-state index is 0. The van der Waals surface area contributed by atoms with Gasteiger partial charge in [-0.3, -0.25) is 0 Å². The third kappa shape index (κ3) is 28.7. The number of hydrogen-bond donors (Lipinski definition) is 0. The maximum atomic E-state index is 5.79. The standard InChI is InChI=1S/2C14H29OSi2.2C4H8O.2K/c2*1-16(2,3)11-9-14(17(4,5)6)12-13-8-7-10-15-13;2*1-2-4-5-3-1;;/h2*9,11,13H,7-8,10,12H2,1-6H3;2*1-4H2;;/q2*-1;;;2*+1/b2*14-9+;;;;/t2*13-;;;;/m10..../s1. The smallest absolute Gasteiger partial charge is 0.381 e. The Morgan fingerprint density at radius 1 is 0.500 bits per heavy atom. The summed E-state index contributed by atoms with van der Waals surface area (Å²) in [6.45, 7) is 35.0. The van der Waals surface area contributed by atoms with Crippen LogP contribution in [0, 0.1) is 12.1 Å². The molecule has 10 heteroatoms. The summed E-state index contributed by atoms with van der Waals surface area (Å²) in [5, 5.41) is 3.37. The Hall–Kier alpha value is 3.20. The minimum Gasteiger partial charge on any atom is -0.381 e. The quantitative estimate of drug-likeness (QED) is 0.243. The van der Waals surface area contributed by atoms with Gasteiger partial charge in [0.25, 0.3) is 0 Å². The zero-order valence-corrected chi connectivity index (χ0v) is 43.7. The van der Waals surface area contributed by atoms with E-state index in [0.717, 1.165) is 39.6 Å². The monoisotopic (exact) mass is 760 g/mol. The molecule has 2 atom stereocenters. The normalized spacial score (nSPS) is 22.2. The molecule has 0 aromatic rings. The van der Waals surface area contributed by atoms with E-state index in [1.165, 1.54) is 64.2 Å². The molecule has 0 saturated carbocycles. The summed E-state index contributed by atoms with van der Waals surface area (Å²) in [5.41, 5.74) is 0.